The maximum absolute atomic E-state index is 6.21. The molecule has 0 aliphatic heterocycles. The second kappa shape index (κ2) is 4.87. The van der Waals surface area contributed by atoms with Crippen molar-refractivity contribution in [3.8, 4) is 5.69 Å². The van der Waals surface area contributed by atoms with Crippen molar-refractivity contribution >= 4 is 34.2 Å². The van der Waals surface area contributed by atoms with E-state index in [-0.39, 0.29) is 0 Å². The first-order valence-corrected chi connectivity index (χ1v) is 6.91. The smallest absolute Gasteiger partial charge is 0.129 e. The quantitative estimate of drug-likeness (QED) is 0.624. The molecular weight excluding hydrogens is 279 g/mol. The molecule has 4 heteroatoms. The van der Waals surface area contributed by atoms with Gasteiger partial charge in [0.1, 0.15) is 5.82 Å². The first kappa shape index (κ1) is 12.5. The van der Waals surface area contributed by atoms with Crippen molar-refractivity contribution in [1.29, 1.82) is 0 Å². The molecule has 0 unspecified atom stereocenters. The standard InChI is InChI=1S/C15H12Cl2N2/c1-10-11(17)5-4-8-13(10)19-14-7-3-2-6-12(14)18-15(19)9-16/h2-8H,9H2,1H3. The average molecular weight is 291 g/mol. The number of hydrogen-bond acceptors (Lipinski definition) is 1. The molecule has 2 aromatic carbocycles. The van der Waals surface area contributed by atoms with Crippen LogP contribution in [0.15, 0.2) is 42.5 Å². The molecule has 96 valence electrons. The summed E-state index contributed by atoms with van der Waals surface area (Å²) in [5.74, 6) is 1.19. The van der Waals surface area contributed by atoms with Gasteiger partial charge in [-0.05, 0) is 36.8 Å². The Balaban J connectivity index is 2.38. The highest BCUT2D eigenvalue weighted by Gasteiger charge is 2.13. The first-order chi connectivity index (χ1) is 9.22. The molecule has 0 atom stereocenters. The third-order valence-electron chi connectivity index (χ3n) is 3.23. The molecule has 0 saturated heterocycles. The highest BCUT2D eigenvalue weighted by Crippen LogP contribution is 2.28. The Labute approximate surface area is 121 Å². The minimum absolute atomic E-state index is 0.362. The van der Waals surface area contributed by atoms with Crippen molar-refractivity contribution in [2.75, 3.05) is 0 Å². The van der Waals surface area contributed by atoms with E-state index < -0.39 is 0 Å². The van der Waals surface area contributed by atoms with Crippen molar-refractivity contribution in [3.63, 3.8) is 0 Å². The second-order valence-corrected chi connectivity index (χ2v) is 5.04. The largest absolute Gasteiger partial charge is 0.295 e. The average Bonchev–Trinajstić information content (AvgIpc) is 2.80. The molecule has 0 bridgehead atoms. The number of hydrogen-bond donors (Lipinski definition) is 0. The van der Waals surface area contributed by atoms with Gasteiger partial charge in [0, 0.05) is 5.02 Å². The second-order valence-electron chi connectivity index (χ2n) is 4.37. The van der Waals surface area contributed by atoms with E-state index in [2.05, 4.69) is 9.55 Å². The minimum atomic E-state index is 0.362. The normalized spacial score (nSPS) is 11.1. The van der Waals surface area contributed by atoms with Gasteiger partial charge in [-0.2, -0.15) is 0 Å². The predicted molar refractivity (Wildman–Crippen MR) is 80.4 cm³/mol. The lowest BCUT2D eigenvalue weighted by Gasteiger charge is -2.12. The lowest BCUT2D eigenvalue weighted by atomic mass is 10.2. The molecule has 0 saturated carbocycles. The van der Waals surface area contributed by atoms with Crippen molar-refractivity contribution in [2.24, 2.45) is 0 Å². The van der Waals surface area contributed by atoms with Gasteiger partial charge in [-0.15, -0.1) is 11.6 Å². The maximum atomic E-state index is 6.21. The lowest BCUT2D eigenvalue weighted by molar-refractivity contribution is 0.972. The van der Waals surface area contributed by atoms with Crippen molar-refractivity contribution in [2.45, 2.75) is 12.8 Å². The van der Waals surface area contributed by atoms with Gasteiger partial charge in [-0.25, -0.2) is 4.98 Å². The van der Waals surface area contributed by atoms with Crippen LogP contribution in [0.5, 0.6) is 0 Å². The molecule has 0 aliphatic rings. The van der Waals surface area contributed by atoms with Crippen LogP contribution in [0.2, 0.25) is 5.02 Å². The summed E-state index contributed by atoms with van der Waals surface area (Å²) in [7, 11) is 0. The number of nitrogens with zero attached hydrogens (tertiary/aromatic N) is 2. The zero-order valence-electron chi connectivity index (χ0n) is 10.4. The van der Waals surface area contributed by atoms with Gasteiger partial charge in [0.05, 0.1) is 22.6 Å². The Bertz CT molecular complexity index is 747. The van der Waals surface area contributed by atoms with Crippen molar-refractivity contribution < 1.29 is 0 Å². The highest BCUT2D eigenvalue weighted by atomic mass is 35.5. The fraction of sp³-hybridized carbons (Fsp3) is 0.133. The van der Waals surface area contributed by atoms with E-state index in [1.54, 1.807) is 0 Å². The summed E-state index contributed by atoms with van der Waals surface area (Å²) in [4.78, 5) is 4.57. The van der Waals surface area contributed by atoms with E-state index in [1.807, 2.05) is 49.4 Å². The van der Waals surface area contributed by atoms with Crippen LogP contribution in [-0.4, -0.2) is 9.55 Å². The zero-order chi connectivity index (χ0) is 13.4. The summed E-state index contributed by atoms with van der Waals surface area (Å²) in [6, 6.07) is 13.9. The van der Waals surface area contributed by atoms with E-state index in [0.717, 1.165) is 33.1 Å². The number of halogens is 2. The SMILES string of the molecule is Cc1c(Cl)cccc1-n1c(CCl)nc2ccccc21. The van der Waals surface area contributed by atoms with Crippen molar-refractivity contribution in [3.05, 3.63) is 58.9 Å². The third kappa shape index (κ3) is 2.01. The molecule has 0 aliphatic carbocycles. The van der Waals surface area contributed by atoms with E-state index in [4.69, 9.17) is 23.2 Å². The molecule has 3 aromatic rings. The summed E-state index contributed by atoms with van der Waals surface area (Å²) in [5, 5.41) is 0.746. The first-order valence-electron chi connectivity index (χ1n) is 6.00. The molecule has 1 heterocycles. The molecule has 0 fully saturated rings. The monoisotopic (exact) mass is 290 g/mol. The summed E-state index contributed by atoms with van der Waals surface area (Å²) in [6.45, 7) is 2.00. The van der Waals surface area contributed by atoms with E-state index in [0.29, 0.717) is 5.88 Å². The van der Waals surface area contributed by atoms with Crippen molar-refractivity contribution in [1.82, 2.24) is 9.55 Å². The summed E-state index contributed by atoms with van der Waals surface area (Å²) in [5.41, 5.74) is 4.04. The molecule has 0 radical (unpaired) electrons. The molecule has 0 spiro atoms. The molecule has 1 aromatic heterocycles. The van der Waals surface area contributed by atoms with Crippen LogP contribution in [-0.2, 0) is 5.88 Å². The number of para-hydroxylation sites is 2. The summed E-state index contributed by atoms with van der Waals surface area (Å²) in [6.07, 6.45) is 0. The van der Waals surface area contributed by atoms with Crippen LogP contribution in [0, 0.1) is 6.92 Å². The molecule has 3 rings (SSSR count). The maximum Gasteiger partial charge on any atom is 0.129 e. The van der Waals surface area contributed by atoms with Gasteiger partial charge >= 0.3 is 0 Å². The fourth-order valence-corrected chi connectivity index (χ4v) is 2.62. The van der Waals surface area contributed by atoms with Gasteiger partial charge in [0.15, 0.2) is 0 Å². The summed E-state index contributed by atoms with van der Waals surface area (Å²) >= 11 is 12.2. The van der Waals surface area contributed by atoms with Crippen LogP contribution >= 0.6 is 23.2 Å². The number of imidazole rings is 1. The molecule has 19 heavy (non-hydrogen) atoms. The number of aromatic nitrogens is 2. The van der Waals surface area contributed by atoms with E-state index >= 15 is 0 Å². The number of rotatable bonds is 2. The Morgan fingerprint density at radius 3 is 2.68 bits per heavy atom. The van der Waals surface area contributed by atoms with Crippen LogP contribution in [0.3, 0.4) is 0 Å². The van der Waals surface area contributed by atoms with Gasteiger partial charge in [0.2, 0.25) is 0 Å². The Morgan fingerprint density at radius 1 is 1.11 bits per heavy atom. The van der Waals surface area contributed by atoms with Crippen LogP contribution in [0.4, 0.5) is 0 Å². The van der Waals surface area contributed by atoms with Crippen LogP contribution in [0.1, 0.15) is 11.4 Å². The number of fused-ring (bicyclic) bond motifs is 1. The summed E-state index contributed by atoms with van der Waals surface area (Å²) < 4.78 is 2.07. The zero-order valence-corrected chi connectivity index (χ0v) is 11.9. The van der Waals surface area contributed by atoms with Crippen LogP contribution < -0.4 is 0 Å². The predicted octanol–water partition coefficient (Wildman–Crippen LogP) is 4.73. The van der Waals surface area contributed by atoms with E-state index in [9.17, 15) is 0 Å². The molecule has 0 amide bonds. The third-order valence-corrected chi connectivity index (χ3v) is 3.88. The Kier molecular flexibility index (Phi) is 3.21. The highest BCUT2D eigenvalue weighted by molar-refractivity contribution is 6.31. The topological polar surface area (TPSA) is 17.8 Å². The van der Waals surface area contributed by atoms with Crippen LogP contribution in [0.25, 0.3) is 16.7 Å². The molecule has 0 N–H and O–H groups in total. The minimum Gasteiger partial charge on any atom is -0.295 e. The number of alkyl halides is 1. The Hall–Kier alpha value is -1.51. The molecular formula is C15H12Cl2N2. The Morgan fingerprint density at radius 2 is 1.89 bits per heavy atom. The van der Waals surface area contributed by atoms with Gasteiger partial charge in [-0.1, -0.05) is 29.8 Å². The lowest BCUT2D eigenvalue weighted by Crippen LogP contribution is -2.01. The molecule has 2 nitrogen and oxygen atoms in total. The van der Waals surface area contributed by atoms with Gasteiger partial charge in [0.25, 0.3) is 0 Å². The van der Waals surface area contributed by atoms with E-state index in [1.165, 1.54) is 0 Å². The fourth-order valence-electron chi connectivity index (χ4n) is 2.27. The van der Waals surface area contributed by atoms with Gasteiger partial charge in [-0.3, -0.25) is 4.57 Å². The number of benzene rings is 2. The van der Waals surface area contributed by atoms with Gasteiger partial charge < -0.3 is 0 Å².